The number of phenols is 1. The minimum Gasteiger partial charge on any atom is -0.508 e. The van der Waals surface area contributed by atoms with E-state index in [1.807, 2.05) is 0 Å². The van der Waals surface area contributed by atoms with Crippen molar-refractivity contribution >= 4 is 0 Å². The highest BCUT2D eigenvalue weighted by atomic mass is 16.5. The lowest BCUT2D eigenvalue weighted by atomic mass is 10.2. The molecule has 1 N–H and O–H groups in total. The lowest BCUT2D eigenvalue weighted by Crippen LogP contribution is -1.76. The van der Waals surface area contributed by atoms with Crippen LogP contribution < -0.4 is 0 Å². The van der Waals surface area contributed by atoms with Gasteiger partial charge in [0.15, 0.2) is 0 Å². The quantitative estimate of drug-likeness (QED) is 0.717. The summed E-state index contributed by atoms with van der Waals surface area (Å²) in [5, 5.41) is 26.3. The molecule has 0 aliphatic heterocycles. The molecule has 1 aromatic heterocycles. The van der Waals surface area contributed by atoms with Crippen LogP contribution in [0.4, 0.5) is 0 Å². The molecule has 5 heteroatoms. The van der Waals surface area contributed by atoms with Crippen LogP contribution in [0.25, 0.3) is 11.5 Å². The molecule has 0 aliphatic carbocycles. The molecule has 0 unspecified atom stereocenters. The monoisotopic (exact) mass is 177 g/mol. The van der Waals surface area contributed by atoms with E-state index in [1.54, 1.807) is 12.1 Å². The van der Waals surface area contributed by atoms with Gasteiger partial charge in [-0.3, -0.25) is 0 Å². The molecule has 2 rings (SSSR count). The van der Waals surface area contributed by atoms with Crippen molar-refractivity contribution in [2.75, 3.05) is 0 Å². The molecule has 13 heavy (non-hydrogen) atoms. The number of phenolic OH excluding ortho intramolecular Hbond substituents is 1. The summed E-state index contributed by atoms with van der Waals surface area (Å²) in [6.45, 7) is 0. The summed E-state index contributed by atoms with van der Waals surface area (Å²) in [5.41, 5.74) is 0.523. The molecule has 0 saturated carbocycles. The minimum absolute atomic E-state index is 0.0862. The molecule has 0 saturated heterocycles. The predicted octanol–water partition coefficient (Wildman–Crippen LogP) is 1.59. The summed E-state index contributed by atoms with van der Waals surface area (Å²) in [6.07, 6.45) is -0.738. The van der Waals surface area contributed by atoms with Crippen LogP contribution in [0.15, 0.2) is 28.7 Å². The van der Waals surface area contributed by atoms with Crippen molar-refractivity contribution < 1.29 is 14.6 Å². The average molecular weight is 177 g/mol. The Balaban J connectivity index is 2.46. The van der Waals surface area contributed by atoms with Gasteiger partial charge in [0.2, 0.25) is 0 Å². The first kappa shape index (κ1) is 7.60. The fourth-order valence-electron chi connectivity index (χ4n) is 0.965. The van der Waals surface area contributed by atoms with E-state index in [0.717, 1.165) is 0 Å². The van der Waals surface area contributed by atoms with Crippen LogP contribution in [0.2, 0.25) is 0 Å². The first-order valence-corrected chi connectivity index (χ1v) is 3.55. The third kappa shape index (κ3) is 1.44. The van der Waals surface area contributed by atoms with E-state index in [1.165, 1.54) is 12.1 Å². The van der Waals surface area contributed by atoms with Crippen LogP contribution in [0.3, 0.4) is 0 Å². The van der Waals surface area contributed by atoms with Gasteiger partial charge in [0.25, 0.3) is 5.89 Å². The third-order valence-corrected chi connectivity index (χ3v) is 1.50. The minimum atomic E-state index is -0.738. The van der Waals surface area contributed by atoms with Crippen molar-refractivity contribution in [2.45, 2.75) is 0 Å². The molecular formula is C8H5N2O3. The summed E-state index contributed by atoms with van der Waals surface area (Å²) in [7, 11) is 0. The number of hydrogen-bond donors (Lipinski definition) is 1. The second-order valence-electron chi connectivity index (χ2n) is 2.42. The Hall–Kier alpha value is -2.04. The Kier molecular flexibility index (Phi) is 1.63. The van der Waals surface area contributed by atoms with Gasteiger partial charge in [-0.15, -0.1) is 5.10 Å². The summed E-state index contributed by atoms with van der Waals surface area (Å²) in [5.74, 6) is 0.198. The second-order valence-corrected chi connectivity index (χ2v) is 2.42. The van der Waals surface area contributed by atoms with E-state index in [0.29, 0.717) is 5.56 Å². The van der Waals surface area contributed by atoms with E-state index in [4.69, 9.17) is 5.11 Å². The standard InChI is InChI=1S/C8H5N2O3/c11-6-3-1-2-5(4-6)7-9-10-8(12)13-7/h1-4,11H. The number of rotatable bonds is 1. The molecular weight excluding hydrogens is 172 g/mol. The number of hydrogen-bond acceptors (Lipinski definition) is 4. The van der Waals surface area contributed by atoms with Gasteiger partial charge in [-0.2, -0.15) is 0 Å². The Bertz CT molecular complexity index is 425. The van der Waals surface area contributed by atoms with Crippen LogP contribution >= 0.6 is 0 Å². The lowest BCUT2D eigenvalue weighted by Gasteiger charge is -1.93. The van der Waals surface area contributed by atoms with Gasteiger partial charge in [-0.25, -0.2) is 5.11 Å². The first-order chi connectivity index (χ1) is 6.25. The molecule has 2 aromatic rings. The van der Waals surface area contributed by atoms with Gasteiger partial charge >= 0.3 is 6.08 Å². The van der Waals surface area contributed by atoms with E-state index < -0.39 is 6.08 Å². The Morgan fingerprint density at radius 2 is 2.15 bits per heavy atom. The second kappa shape index (κ2) is 2.78. The summed E-state index contributed by atoms with van der Waals surface area (Å²) < 4.78 is 4.64. The molecule has 0 bridgehead atoms. The highest BCUT2D eigenvalue weighted by Crippen LogP contribution is 2.23. The topological polar surface area (TPSA) is 79.0 Å². The van der Waals surface area contributed by atoms with Crippen LogP contribution in [0.1, 0.15) is 0 Å². The number of benzene rings is 1. The Morgan fingerprint density at radius 3 is 2.77 bits per heavy atom. The molecule has 1 radical (unpaired) electrons. The van der Waals surface area contributed by atoms with Crippen LogP contribution in [-0.2, 0) is 5.11 Å². The SMILES string of the molecule is [O]c1nnc(-c2cccc(O)c2)o1. The van der Waals surface area contributed by atoms with Gasteiger partial charge in [-0.05, 0) is 18.2 Å². The molecule has 0 aliphatic rings. The molecule has 0 amide bonds. The summed E-state index contributed by atoms with van der Waals surface area (Å²) >= 11 is 0. The maximum absolute atomic E-state index is 10.5. The van der Waals surface area contributed by atoms with Crippen molar-refractivity contribution in [1.82, 2.24) is 10.2 Å². The van der Waals surface area contributed by atoms with Gasteiger partial charge in [0.1, 0.15) is 5.75 Å². The Morgan fingerprint density at radius 1 is 1.31 bits per heavy atom. The fraction of sp³-hybridized carbons (Fsp3) is 0. The molecule has 0 fully saturated rings. The first-order valence-electron chi connectivity index (χ1n) is 3.55. The van der Waals surface area contributed by atoms with Gasteiger partial charge < -0.3 is 9.52 Å². The van der Waals surface area contributed by atoms with Crippen molar-refractivity contribution in [2.24, 2.45) is 0 Å². The van der Waals surface area contributed by atoms with E-state index in [9.17, 15) is 5.11 Å². The fourth-order valence-corrected chi connectivity index (χ4v) is 0.965. The third-order valence-electron chi connectivity index (χ3n) is 1.50. The smallest absolute Gasteiger partial charge is 0.459 e. The van der Waals surface area contributed by atoms with E-state index in [-0.39, 0.29) is 11.6 Å². The maximum Gasteiger partial charge on any atom is 0.459 e. The highest BCUT2D eigenvalue weighted by molar-refractivity contribution is 5.55. The summed E-state index contributed by atoms with van der Waals surface area (Å²) in [6, 6.07) is 6.23. The Labute approximate surface area is 73.3 Å². The van der Waals surface area contributed by atoms with Crippen molar-refractivity contribution in [3.63, 3.8) is 0 Å². The number of aromatic nitrogens is 2. The van der Waals surface area contributed by atoms with Gasteiger partial charge in [0, 0.05) is 5.56 Å². The number of aromatic hydroxyl groups is 1. The zero-order valence-corrected chi connectivity index (χ0v) is 6.47. The molecule has 0 atom stereocenters. The average Bonchev–Trinajstić information content (AvgIpc) is 2.52. The van der Waals surface area contributed by atoms with Crippen molar-refractivity contribution in [3.05, 3.63) is 24.3 Å². The van der Waals surface area contributed by atoms with Crippen molar-refractivity contribution in [1.29, 1.82) is 0 Å². The predicted molar refractivity (Wildman–Crippen MR) is 41.5 cm³/mol. The molecule has 5 nitrogen and oxygen atoms in total. The van der Waals surface area contributed by atoms with Crippen LogP contribution in [-0.4, -0.2) is 15.3 Å². The maximum atomic E-state index is 10.5. The van der Waals surface area contributed by atoms with Gasteiger partial charge in [0.05, 0.1) is 0 Å². The van der Waals surface area contributed by atoms with Gasteiger partial charge in [-0.1, -0.05) is 11.2 Å². The largest absolute Gasteiger partial charge is 0.508 e. The zero-order chi connectivity index (χ0) is 9.26. The van der Waals surface area contributed by atoms with Crippen LogP contribution in [0.5, 0.6) is 11.8 Å². The highest BCUT2D eigenvalue weighted by Gasteiger charge is 2.07. The van der Waals surface area contributed by atoms with Crippen LogP contribution in [0, 0.1) is 0 Å². The molecule has 1 heterocycles. The zero-order valence-electron chi connectivity index (χ0n) is 6.47. The molecule has 0 spiro atoms. The molecule has 1 aromatic carbocycles. The van der Waals surface area contributed by atoms with Crippen molar-refractivity contribution in [3.8, 4) is 23.3 Å². The molecule has 65 valence electrons. The summed E-state index contributed by atoms with van der Waals surface area (Å²) in [4.78, 5) is 0. The van der Waals surface area contributed by atoms with E-state index in [2.05, 4.69) is 14.6 Å². The van der Waals surface area contributed by atoms with E-state index >= 15 is 0 Å². The lowest BCUT2D eigenvalue weighted by molar-refractivity contribution is 0.239. The number of nitrogens with zero attached hydrogens (tertiary/aromatic N) is 2. The normalized spacial score (nSPS) is 10.2.